The summed E-state index contributed by atoms with van der Waals surface area (Å²) in [6.07, 6.45) is 0. The predicted molar refractivity (Wildman–Crippen MR) is 78.3 cm³/mol. The molecule has 4 nitrogen and oxygen atoms in total. The maximum absolute atomic E-state index is 12.2. The maximum Gasteiger partial charge on any atom is 0.195 e. The minimum absolute atomic E-state index is 0.208. The molecule has 0 spiro atoms. The maximum atomic E-state index is 12.2. The van der Waals surface area contributed by atoms with E-state index in [1.54, 1.807) is 35.7 Å². The first-order valence-electron chi connectivity index (χ1n) is 6.06. The van der Waals surface area contributed by atoms with Crippen molar-refractivity contribution in [3.8, 4) is 5.75 Å². The summed E-state index contributed by atoms with van der Waals surface area (Å²) in [5, 5.41) is 1.67. The number of ether oxygens (including phenoxy) is 1. The Balaban J connectivity index is 2.25. The lowest BCUT2D eigenvalue weighted by Gasteiger charge is -2.08. The normalized spacial score (nSPS) is 11.2. The molecule has 0 bridgehead atoms. The second-order valence-electron chi connectivity index (χ2n) is 4.04. The second-order valence-corrected chi connectivity index (χ2v) is 7.21. The number of sulfone groups is 1. The van der Waals surface area contributed by atoms with E-state index < -0.39 is 21.4 Å². The molecule has 0 atom stereocenters. The van der Waals surface area contributed by atoms with E-state index in [1.807, 2.05) is 6.92 Å². The van der Waals surface area contributed by atoms with Crippen molar-refractivity contribution in [2.75, 3.05) is 12.4 Å². The Hall–Kier alpha value is -1.66. The monoisotopic (exact) mass is 310 g/mol. The van der Waals surface area contributed by atoms with Crippen molar-refractivity contribution in [3.05, 3.63) is 47.3 Å². The van der Waals surface area contributed by atoms with Crippen molar-refractivity contribution in [3.63, 3.8) is 0 Å². The van der Waals surface area contributed by atoms with Crippen LogP contribution in [0.25, 0.3) is 0 Å². The number of Topliss-reactive ketones (excluding diaryl/α,β-unsaturated/α-hetero) is 1. The van der Waals surface area contributed by atoms with E-state index in [0.717, 1.165) is 11.3 Å². The van der Waals surface area contributed by atoms with Gasteiger partial charge in [0.15, 0.2) is 15.6 Å². The third-order valence-electron chi connectivity index (χ3n) is 2.61. The van der Waals surface area contributed by atoms with Gasteiger partial charge in [0.25, 0.3) is 0 Å². The Morgan fingerprint density at radius 2 is 1.95 bits per heavy atom. The lowest BCUT2D eigenvalue weighted by molar-refractivity contribution is 0.101. The quantitative estimate of drug-likeness (QED) is 0.770. The van der Waals surface area contributed by atoms with Gasteiger partial charge in [-0.3, -0.25) is 4.79 Å². The number of carbonyl (C=O) groups excluding carboxylic acids is 1. The molecular formula is C14H14O4S2. The molecule has 2 aromatic rings. The van der Waals surface area contributed by atoms with Crippen molar-refractivity contribution < 1.29 is 17.9 Å². The molecule has 2 rings (SSSR count). The number of ketones is 1. The molecule has 0 amide bonds. The summed E-state index contributed by atoms with van der Waals surface area (Å²) < 4.78 is 29.7. The van der Waals surface area contributed by atoms with Crippen molar-refractivity contribution in [1.82, 2.24) is 0 Å². The van der Waals surface area contributed by atoms with E-state index in [2.05, 4.69) is 0 Å². The average molecular weight is 310 g/mol. The van der Waals surface area contributed by atoms with Crippen LogP contribution in [0.5, 0.6) is 5.75 Å². The van der Waals surface area contributed by atoms with Crippen LogP contribution in [0.15, 0.2) is 46.0 Å². The first-order chi connectivity index (χ1) is 9.54. The fourth-order valence-corrected chi connectivity index (χ4v) is 4.05. The van der Waals surface area contributed by atoms with Crippen LogP contribution in [-0.4, -0.2) is 26.6 Å². The first-order valence-corrected chi connectivity index (χ1v) is 8.59. The van der Waals surface area contributed by atoms with Gasteiger partial charge in [0.2, 0.25) is 0 Å². The highest BCUT2D eigenvalue weighted by Gasteiger charge is 2.23. The van der Waals surface area contributed by atoms with E-state index in [4.69, 9.17) is 4.74 Å². The van der Waals surface area contributed by atoms with Crippen molar-refractivity contribution in [1.29, 1.82) is 0 Å². The average Bonchev–Trinajstić information content (AvgIpc) is 2.94. The van der Waals surface area contributed by atoms with Gasteiger partial charge >= 0.3 is 0 Å². The van der Waals surface area contributed by atoms with E-state index in [1.165, 1.54) is 6.07 Å². The fraction of sp³-hybridized carbons (Fsp3) is 0.214. The number of thiophene rings is 1. The Kier molecular flexibility index (Phi) is 4.57. The lowest BCUT2D eigenvalue weighted by atomic mass is 10.1. The van der Waals surface area contributed by atoms with Crippen LogP contribution < -0.4 is 4.74 Å². The molecule has 0 saturated heterocycles. The largest absolute Gasteiger partial charge is 0.493 e. The third-order valence-corrected chi connectivity index (χ3v) is 5.71. The number of hydrogen-bond donors (Lipinski definition) is 0. The third kappa shape index (κ3) is 3.26. The molecule has 1 heterocycles. The van der Waals surface area contributed by atoms with Gasteiger partial charge in [-0.1, -0.05) is 18.2 Å². The molecule has 0 radical (unpaired) electrons. The van der Waals surface area contributed by atoms with Crippen LogP contribution in [0, 0.1) is 0 Å². The highest BCUT2D eigenvalue weighted by Crippen LogP contribution is 2.22. The number of rotatable bonds is 6. The number of carbonyl (C=O) groups is 1. The van der Waals surface area contributed by atoms with Gasteiger partial charge in [-0.25, -0.2) is 8.42 Å². The summed E-state index contributed by atoms with van der Waals surface area (Å²) in [7, 11) is -3.58. The molecule has 6 heteroatoms. The summed E-state index contributed by atoms with van der Waals surface area (Å²) in [5.74, 6) is -0.582. The lowest BCUT2D eigenvalue weighted by Crippen LogP contribution is -2.16. The van der Waals surface area contributed by atoms with Gasteiger partial charge in [0.05, 0.1) is 12.2 Å². The molecule has 0 N–H and O–H groups in total. The summed E-state index contributed by atoms with van der Waals surface area (Å²) in [5.41, 5.74) is 0.300. The van der Waals surface area contributed by atoms with Gasteiger partial charge in [-0.05, 0) is 30.5 Å². The molecule has 0 aliphatic carbocycles. The topological polar surface area (TPSA) is 60.4 Å². The zero-order chi connectivity index (χ0) is 14.6. The van der Waals surface area contributed by atoms with Crippen LogP contribution in [-0.2, 0) is 9.84 Å². The van der Waals surface area contributed by atoms with Crippen molar-refractivity contribution in [2.24, 2.45) is 0 Å². The van der Waals surface area contributed by atoms with Crippen LogP contribution >= 0.6 is 11.3 Å². The summed E-state index contributed by atoms with van der Waals surface area (Å²) in [6, 6.07) is 9.83. The zero-order valence-electron chi connectivity index (χ0n) is 10.9. The molecule has 0 aliphatic rings. The summed E-state index contributed by atoms with van der Waals surface area (Å²) >= 11 is 1.11. The molecule has 0 unspecified atom stereocenters. The van der Waals surface area contributed by atoms with Crippen LogP contribution in [0.4, 0.5) is 0 Å². The molecule has 20 heavy (non-hydrogen) atoms. The van der Waals surface area contributed by atoms with Gasteiger partial charge < -0.3 is 4.74 Å². The number of hydrogen-bond acceptors (Lipinski definition) is 5. The minimum Gasteiger partial charge on any atom is -0.493 e. The fourth-order valence-electron chi connectivity index (χ4n) is 1.74. The molecule has 1 aromatic heterocycles. The predicted octanol–water partition coefficient (Wildman–Crippen LogP) is 2.80. The van der Waals surface area contributed by atoms with E-state index in [-0.39, 0.29) is 4.21 Å². The van der Waals surface area contributed by atoms with Crippen molar-refractivity contribution >= 4 is 27.0 Å². The van der Waals surface area contributed by atoms with Crippen LogP contribution in [0.3, 0.4) is 0 Å². The van der Waals surface area contributed by atoms with Gasteiger partial charge in [-0.15, -0.1) is 11.3 Å². The standard InChI is InChI=1S/C14H14O4S2/c1-2-18-13-7-4-3-6-11(13)12(15)10-20(16,17)14-8-5-9-19-14/h3-9H,2,10H2,1H3. The van der Waals surface area contributed by atoms with Crippen LogP contribution in [0.1, 0.15) is 17.3 Å². The van der Waals surface area contributed by atoms with E-state index >= 15 is 0 Å². The SMILES string of the molecule is CCOc1ccccc1C(=O)CS(=O)(=O)c1cccs1. The molecule has 0 fully saturated rings. The molecule has 0 saturated carbocycles. The van der Waals surface area contributed by atoms with E-state index in [9.17, 15) is 13.2 Å². The Morgan fingerprint density at radius 3 is 2.60 bits per heavy atom. The van der Waals surface area contributed by atoms with Gasteiger partial charge in [0, 0.05) is 0 Å². The second kappa shape index (κ2) is 6.19. The molecule has 106 valence electrons. The molecule has 1 aromatic carbocycles. The molecular weight excluding hydrogens is 296 g/mol. The van der Waals surface area contributed by atoms with E-state index in [0.29, 0.717) is 17.9 Å². The van der Waals surface area contributed by atoms with Crippen molar-refractivity contribution in [2.45, 2.75) is 11.1 Å². The highest BCUT2D eigenvalue weighted by molar-refractivity contribution is 7.94. The zero-order valence-corrected chi connectivity index (χ0v) is 12.5. The van der Waals surface area contributed by atoms with Gasteiger partial charge in [-0.2, -0.15) is 0 Å². The summed E-state index contributed by atoms with van der Waals surface area (Å²) in [4.78, 5) is 12.2. The minimum atomic E-state index is -3.58. The number of benzene rings is 1. The Bertz CT molecular complexity index is 688. The number of para-hydroxylation sites is 1. The summed E-state index contributed by atoms with van der Waals surface area (Å²) in [6.45, 7) is 2.23. The highest BCUT2D eigenvalue weighted by atomic mass is 32.2. The first kappa shape index (κ1) is 14.7. The van der Waals surface area contributed by atoms with Gasteiger partial charge in [0.1, 0.15) is 15.7 Å². The Labute approximate surface area is 121 Å². The molecule has 0 aliphatic heterocycles. The van der Waals surface area contributed by atoms with Crippen LogP contribution in [0.2, 0.25) is 0 Å². The smallest absolute Gasteiger partial charge is 0.195 e. The Morgan fingerprint density at radius 1 is 1.20 bits per heavy atom.